The molecule has 0 unspecified atom stereocenters. The predicted octanol–water partition coefficient (Wildman–Crippen LogP) is 3.02. The first-order valence-corrected chi connectivity index (χ1v) is 7.64. The molecular weight excluding hydrogens is 304 g/mol. The molecule has 0 fully saturated rings. The summed E-state index contributed by atoms with van der Waals surface area (Å²) in [6.45, 7) is 5.50. The Morgan fingerprint density at radius 2 is 2.09 bits per heavy atom. The summed E-state index contributed by atoms with van der Waals surface area (Å²) in [5, 5.41) is 7.31. The van der Waals surface area contributed by atoms with Gasteiger partial charge in [-0.15, -0.1) is 11.3 Å². The summed E-state index contributed by atoms with van der Waals surface area (Å²) >= 11 is 1.21. The minimum Gasteiger partial charge on any atom is -0.465 e. The van der Waals surface area contributed by atoms with Gasteiger partial charge in [-0.25, -0.2) is 4.79 Å². The molecule has 0 aromatic carbocycles. The second-order valence-corrected chi connectivity index (χ2v) is 6.02. The van der Waals surface area contributed by atoms with Crippen LogP contribution in [-0.4, -0.2) is 24.1 Å². The molecular formula is C15H18N2O4S. The lowest BCUT2D eigenvalue weighted by Gasteiger charge is -2.02. The number of nitrogens with one attached hydrogen (secondary N) is 1. The first-order valence-electron chi connectivity index (χ1n) is 6.82. The van der Waals surface area contributed by atoms with Gasteiger partial charge in [0.15, 0.2) is 0 Å². The molecule has 7 heteroatoms. The Bertz CT molecular complexity index is 683. The number of aromatic nitrogens is 1. The Labute approximate surface area is 132 Å². The maximum absolute atomic E-state index is 12.0. The van der Waals surface area contributed by atoms with Crippen molar-refractivity contribution in [2.45, 2.75) is 33.6 Å². The second kappa shape index (κ2) is 6.74. The fourth-order valence-corrected chi connectivity index (χ4v) is 3.14. The van der Waals surface area contributed by atoms with E-state index in [-0.39, 0.29) is 5.91 Å². The summed E-state index contributed by atoms with van der Waals surface area (Å²) in [4.78, 5) is 24.1. The minimum atomic E-state index is -0.390. The molecule has 0 bridgehead atoms. The molecule has 118 valence electrons. The van der Waals surface area contributed by atoms with Crippen LogP contribution < -0.4 is 5.32 Å². The number of hydrogen-bond acceptors (Lipinski definition) is 6. The smallest absolute Gasteiger partial charge is 0.348 e. The van der Waals surface area contributed by atoms with Gasteiger partial charge in [0.2, 0.25) is 5.91 Å². The molecule has 0 aliphatic rings. The highest BCUT2D eigenvalue weighted by molar-refractivity contribution is 7.18. The Morgan fingerprint density at radius 3 is 2.68 bits per heavy atom. The number of methoxy groups -OCH3 is 1. The fraction of sp³-hybridized carbons (Fsp3) is 0.400. The van der Waals surface area contributed by atoms with Crippen LogP contribution in [0.15, 0.2) is 10.6 Å². The van der Waals surface area contributed by atoms with Crippen LogP contribution in [0.1, 0.15) is 38.7 Å². The number of carbonyl (C=O) groups excluding carboxylic acids is 2. The number of amides is 1. The van der Waals surface area contributed by atoms with E-state index in [9.17, 15) is 9.59 Å². The lowest BCUT2D eigenvalue weighted by Crippen LogP contribution is -2.11. The number of hydrogen-bond donors (Lipinski definition) is 1. The molecule has 2 aromatic rings. The third-order valence-electron chi connectivity index (χ3n) is 3.33. The first-order chi connectivity index (χ1) is 10.4. The second-order valence-electron chi connectivity index (χ2n) is 4.97. The van der Waals surface area contributed by atoms with E-state index in [2.05, 4.69) is 10.5 Å². The molecule has 1 amide bonds. The van der Waals surface area contributed by atoms with Crippen LogP contribution in [0.25, 0.3) is 0 Å². The first kappa shape index (κ1) is 16.2. The largest absolute Gasteiger partial charge is 0.465 e. The molecule has 6 nitrogen and oxygen atoms in total. The van der Waals surface area contributed by atoms with Gasteiger partial charge >= 0.3 is 5.97 Å². The van der Waals surface area contributed by atoms with E-state index in [4.69, 9.17) is 9.26 Å². The summed E-state index contributed by atoms with van der Waals surface area (Å²) in [7, 11) is 1.34. The summed E-state index contributed by atoms with van der Waals surface area (Å²) in [6.07, 6.45) is 0.897. The molecule has 2 heterocycles. The van der Waals surface area contributed by atoms with Crippen molar-refractivity contribution in [2.24, 2.45) is 0 Å². The summed E-state index contributed by atoms with van der Waals surface area (Å²) in [5.41, 5.74) is 2.57. The topological polar surface area (TPSA) is 81.4 Å². The van der Waals surface area contributed by atoms with Crippen molar-refractivity contribution in [3.05, 3.63) is 33.5 Å². The Morgan fingerprint density at radius 1 is 1.36 bits per heavy atom. The van der Waals surface area contributed by atoms with Gasteiger partial charge in [0.25, 0.3) is 0 Å². The molecule has 0 spiro atoms. The van der Waals surface area contributed by atoms with Crippen LogP contribution >= 0.6 is 11.3 Å². The fourth-order valence-electron chi connectivity index (χ4n) is 2.14. The molecule has 0 aliphatic heterocycles. The van der Waals surface area contributed by atoms with E-state index in [1.54, 1.807) is 6.07 Å². The van der Waals surface area contributed by atoms with E-state index < -0.39 is 5.97 Å². The van der Waals surface area contributed by atoms with Crippen molar-refractivity contribution < 1.29 is 18.8 Å². The molecule has 0 saturated carbocycles. The van der Waals surface area contributed by atoms with E-state index in [1.807, 2.05) is 20.8 Å². The minimum absolute atomic E-state index is 0.113. The number of ether oxygens (including phenoxy) is 1. The van der Waals surface area contributed by atoms with Gasteiger partial charge in [-0.2, -0.15) is 0 Å². The predicted molar refractivity (Wildman–Crippen MR) is 83.3 cm³/mol. The van der Waals surface area contributed by atoms with Crippen LogP contribution in [0.4, 0.5) is 5.00 Å². The van der Waals surface area contributed by atoms with E-state index in [1.165, 1.54) is 18.4 Å². The molecule has 0 atom stereocenters. The normalized spacial score (nSPS) is 10.5. The van der Waals surface area contributed by atoms with Crippen molar-refractivity contribution in [1.82, 2.24) is 5.16 Å². The van der Waals surface area contributed by atoms with Crippen LogP contribution in [-0.2, 0) is 16.0 Å². The average molecular weight is 322 g/mol. The maximum Gasteiger partial charge on any atom is 0.348 e. The summed E-state index contributed by atoms with van der Waals surface area (Å²) in [5.74, 6) is 0.238. The number of esters is 1. The average Bonchev–Trinajstić information content (AvgIpc) is 2.99. The number of anilines is 1. The molecule has 2 aromatic heterocycles. The molecule has 0 saturated heterocycles. The SMILES string of the molecule is COC(=O)c1sc(NC(=O)CCc2c(C)noc2C)cc1C. The number of rotatable bonds is 5. The zero-order chi connectivity index (χ0) is 16.3. The number of carbonyl (C=O) groups is 2. The molecule has 0 aliphatic carbocycles. The monoisotopic (exact) mass is 322 g/mol. The third kappa shape index (κ3) is 3.54. The Kier molecular flexibility index (Phi) is 4.97. The van der Waals surface area contributed by atoms with Crippen molar-refractivity contribution in [1.29, 1.82) is 0 Å². The van der Waals surface area contributed by atoms with Crippen LogP contribution in [0.3, 0.4) is 0 Å². The van der Waals surface area contributed by atoms with Gasteiger partial charge in [-0.05, 0) is 38.8 Å². The molecule has 22 heavy (non-hydrogen) atoms. The lowest BCUT2D eigenvalue weighted by atomic mass is 10.1. The highest BCUT2D eigenvalue weighted by atomic mass is 32.1. The lowest BCUT2D eigenvalue weighted by molar-refractivity contribution is -0.116. The Hall–Kier alpha value is -2.15. The van der Waals surface area contributed by atoms with Gasteiger partial charge in [0.05, 0.1) is 17.8 Å². The van der Waals surface area contributed by atoms with Crippen LogP contribution in [0, 0.1) is 20.8 Å². The molecule has 2 rings (SSSR count). The summed E-state index contributed by atoms with van der Waals surface area (Å²) < 4.78 is 9.77. The molecule has 0 radical (unpaired) electrons. The standard InChI is InChI=1S/C15H18N2O4S/c1-8-7-13(22-14(8)15(19)20-4)16-12(18)6-5-11-9(2)17-21-10(11)3/h7H,5-6H2,1-4H3,(H,16,18). The van der Waals surface area contributed by atoms with Crippen molar-refractivity contribution in [3.8, 4) is 0 Å². The van der Waals surface area contributed by atoms with E-state index >= 15 is 0 Å². The van der Waals surface area contributed by atoms with Crippen LogP contribution in [0.5, 0.6) is 0 Å². The van der Waals surface area contributed by atoms with Gasteiger partial charge in [-0.3, -0.25) is 4.79 Å². The van der Waals surface area contributed by atoms with Crippen molar-refractivity contribution >= 4 is 28.2 Å². The van der Waals surface area contributed by atoms with Crippen molar-refractivity contribution in [2.75, 3.05) is 12.4 Å². The number of nitrogens with zero attached hydrogens (tertiary/aromatic N) is 1. The highest BCUT2D eigenvalue weighted by Gasteiger charge is 2.16. The zero-order valence-electron chi connectivity index (χ0n) is 13.0. The van der Waals surface area contributed by atoms with Gasteiger partial charge < -0.3 is 14.6 Å². The van der Waals surface area contributed by atoms with Gasteiger partial charge in [0, 0.05) is 12.0 Å². The zero-order valence-corrected chi connectivity index (χ0v) is 13.8. The van der Waals surface area contributed by atoms with E-state index in [0.29, 0.717) is 22.7 Å². The summed E-state index contributed by atoms with van der Waals surface area (Å²) in [6, 6.07) is 1.77. The Balaban J connectivity index is 1.96. The van der Waals surface area contributed by atoms with Gasteiger partial charge in [-0.1, -0.05) is 5.16 Å². The number of aryl methyl sites for hydroxylation is 3. The quantitative estimate of drug-likeness (QED) is 0.856. The van der Waals surface area contributed by atoms with Gasteiger partial charge in [0.1, 0.15) is 10.6 Å². The van der Waals surface area contributed by atoms with Crippen LogP contribution in [0.2, 0.25) is 0 Å². The van der Waals surface area contributed by atoms with Crippen molar-refractivity contribution in [3.63, 3.8) is 0 Å². The number of thiophene rings is 1. The molecule has 1 N–H and O–H groups in total. The third-order valence-corrected chi connectivity index (χ3v) is 4.47. The maximum atomic E-state index is 12.0. The highest BCUT2D eigenvalue weighted by Crippen LogP contribution is 2.27. The van der Waals surface area contributed by atoms with E-state index in [0.717, 1.165) is 22.6 Å².